The number of hydrogen-bond acceptors (Lipinski definition) is 5. The van der Waals surface area contributed by atoms with Crippen molar-refractivity contribution in [1.29, 1.82) is 0 Å². The first kappa shape index (κ1) is 12.2. The summed E-state index contributed by atoms with van der Waals surface area (Å²) >= 11 is 0. The Bertz CT molecular complexity index is 588. The Kier molecular flexibility index (Phi) is 3.05. The number of aromatic carboxylic acids is 1. The highest BCUT2D eigenvalue weighted by atomic mass is 16.4. The molecule has 0 aliphatic heterocycles. The molecule has 0 aliphatic carbocycles. The minimum absolute atomic E-state index is 0.0641. The molecule has 0 aromatic carbocycles. The molecule has 2 rings (SSSR count). The van der Waals surface area contributed by atoms with Crippen LogP contribution >= 0.6 is 0 Å². The number of fused-ring (bicyclic) bond motifs is 1. The third-order valence-electron chi connectivity index (χ3n) is 2.79. The summed E-state index contributed by atoms with van der Waals surface area (Å²) in [6, 6.07) is 1.60. The number of nitrogens with two attached hydrogens (primary N) is 1. The molecule has 0 amide bonds. The van der Waals surface area contributed by atoms with Gasteiger partial charge in [-0.25, -0.2) is 9.31 Å². The third-order valence-corrected chi connectivity index (χ3v) is 2.79. The van der Waals surface area contributed by atoms with Gasteiger partial charge in [-0.15, -0.1) is 5.10 Å². The van der Waals surface area contributed by atoms with Crippen molar-refractivity contribution >= 4 is 23.3 Å². The molecule has 18 heavy (non-hydrogen) atoms. The van der Waals surface area contributed by atoms with E-state index in [1.165, 1.54) is 4.52 Å². The molecule has 0 fully saturated rings. The molecular weight excluding hydrogens is 234 g/mol. The second-order valence-corrected chi connectivity index (χ2v) is 3.83. The van der Waals surface area contributed by atoms with E-state index in [-0.39, 0.29) is 17.2 Å². The van der Waals surface area contributed by atoms with Gasteiger partial charge in [-0.1, -0.05) is 0 Å². The van der Waals surface area contributed by atoms with Crippen LogP contribution in [0, 0.1) is 0 Å². The standard InChI is InChI=1S/C11H15N5O2/c1-3-15(4-2)7-5-8(10(17)18)9-13-11(12)14-16(9)6-7/h5-6H,3-4H2,1-2H3,(H2,12,14)(H,17,18). The van der Waals surface area contributed by atoms with E-state index in [9.17, 15) is 9.90 Å². The van der Waals surface area contributed by atoms with Gasteiger partial charge in [0.1, 0.15) is 5.56 Å². The summed E-state index contributed by atoms with van der Waals surface area (Å²) < 4.78 is 1.41. The van der Waals surface area contributed by atoms with Gasteiger partial charge in [0.15, 0.2) is 5.65 Å². The fourth-order valence-electron chi connectivity index (χ4n) is 1.91. The van der Waals surface area contributed by atoms with Crippen LogP contribution in [0.5, 0.6) is 0 Å². The summed E-state index contributed by atoms with van der Waals surface area (Å²) in [6.45, 7) is 5.57. The summed E-state index contributed by atoms with van der Waals surface area (Å²) in [7, 11) is 0. The number of carbonyl (C=O) groups is 1. The Balaban J connectivity index is 2.67. The monoisotopic (exact) mass is 249 g/mol. The Labute approximate surface area is 104 Å². The van der Waals surface area contributed by atoms with Gasteiger partial charge in [0.25, 0.3) is 0 Å². The maximum Gasteiger partial charge on any atom is 0.339 e. The first-order valence-corrected chi connectivity index (χ1v) is 5.71. The fraction of sp³-hybridized carbons (Fsp3) is 0.364. The number of nitrogens with zero attached hydrogens (tertiary/aromatic N) is 4. The molecule has 2 aromatic rings. The van der Waals surface area contributed by atoms with Crippen LogP contribution in [0.1, 0.15) is 24.2 Å². The summed E-state index contributed by atoms with van der Waals surface area (Å²) in [6.07, 6.45) is 1.73. The number of carboxylic acid groups (broad SMARTS) is 1. The van der Waals surface area contributed by atoms with Crippen LogP contribution in [-0.4, -0.2) is 38.8 Å². The number of carboxylic acids is 1. The molecule has 7 nitrogen and oxygen atoms in total. The van der Waals surface area contributed by atoms with Gasteiger partial charge in [0.2, 0.25) is 5.95 Å². The molecule has 0 atom stereocenters. The third kappa shape index (κ3) is 1.94. The molecule has 0 saturated carbocycles. The molecule has 3 N–H and O–H groups in total. The molecule has 0 bridgehead atoms. The summed E-state index contributed by atoms with van der Waals surface area (Å²) in [5.41, 5.74) is 6.65. The van der Waals surface area contributed by atoms with Crippen LogP contribution < -0.4 is 10.6 Å². The molecule has 0 radical (unpaired) electrons. The molecule has 2 heterocycles. The van der Waals surface area contributed by atoms with E-state index >= 15 is 0 Å². The predicted molar refractivity (Wildman–Crippen MR) is 67.9 cm³/mol. The largest absolute Gasteiger partial charge is 0.478 e. The highest BCUT2D eigenvalue weighted by Gasteiger charge is 2.16. The lowest BCUT2D eigenvalue weighted by atomic mass is 10.2. The van der Waals surface area contributed by atoms with Crippen molar-refractivity contribution in [1.82, 2.24) is 14.6 Å². The number of rotatable bonds is 4. The van der Waals surface area contributed by atoms with E-state index in [0.29, 0.717) is 0 Å². The first-order valence-electron chi connectivity index (χ1n) is 5.71. The molecule has 2 aromatic heterocycles. The van der Waals surface area contributed by atoms with E-state index in [1.807, 2.05) is 18.7 Å². The van der Waals surface area contributed by atoms with E-state index in [2.05, 4.69) is 10.1 Å². The van der Waals surface area contributed by atoms with Gasteiger partial charge in [-0.3, -0.25) is 0 Å². The van der Waals surface area contributed by atoms with E-state index in [0.717, 1.165) is 18.8 Å². The molecule has 96 valence electrons. The highest BCUT2D eigenvalue weighted by Crippen LogP contribution is 2.20. The van der Waals surface area contributed by atoms with Gasteiger partial charge in [-0.2, -0.15) is 4.98 Å². The van der Waals surface area contributed by atoms with Gasteiger partial charge >= 0.3 is 5.97 Å². The van der Waals surface area contributed by atoms with Gasteiger partial charge in [0.05, 0.1) is 11.9 Å². The topological polar surface area (TPSA) is 96.8 Å². The van der Waals surface area contributed by atoms with Crippen molar-refractivity contribution in [3.8, 4) is 0 Å². The van der Waals surface area contributed by atoms with Crippen molar-refractivity contribution < 1.29 is 9.90 Å². The summed E-state index contributed by atoms with van der Waals surface area (Å²) in [4.78, 5) is 17.2. The van der Waals surface area contributed by atoms with Crippen LogP contribution in [0.3, 0.4) is 0 Å². The lowest BCUT2D eigenvalue weighted by molar-refractivity contribution is 0.0698. The fourth-order valence-corrected chi connectivity index (χ4v) is 1.91. The number of nitrogen functional groups attached to an aromatic ring is 1. The smallest absolute Gasteiger partial charge is 0.339 e. The Morgan fingerprint density at radius 3 is 2.72 bits per heavy atom. The Hall–Kier alpha value is -2.31. The quantitative estimate of drug-likeness (QED) is 0.834. The average molecular weight is 249 g/mol. The van der Waals surface area contributed by atoms with E-state index in [1.54, 1.807) is 12.3 Å². The highest BCUT2D eigenvalue weighted by molar-refractivity contribution is 5.95. The molecule has 0 saturated heterocycles. The maximum absolute atomic E-state index is 11.2. The zero-order valence-electron chi connectivity index (χ0n) is 10.3. The van der Waals surface area contributed by atoms with Crippen LogP contribution in [-0.2, 0) is 0 Å². The van der Waals surface area contributed by atoms with E-state index < -0.39 is 5.97 Å². The van der Waals surface area contributed by atoms with Crippen molar-refractivity contribution in [3.63, 3.8) is 0 Å². The van der Waals surface area contributed by atoms with Crippen molar-refractivity contribution in [2.75, 3.05) is 23.7 Å². The van der Waals surface area contributed by atoms with Gasteiger partial charge < -0.3 is 15.7 Å². The lowest BCUT2D eigenvalue weighted by Crippen LogP contribution is -2.22. The molecular formula is C11H15N5O2. The van der Waals surface area contributed by atoms with Crippen molar-refractivity contribution in [2.24, 2.45) is 0 Å². The van der Waals surface area contributed by atoms with Crippen molar-refractivity contribution in [3.05, 3.63) is 17.8 Å². The zero-order valence-corrected chi connectivity index (χ0v) is 10.3. The van der Waals surface area contributed by atoms with Crippen molar-refractivity contribution in [2.45, 2.75) is 13.8 Å². The predicted octanol–water partition coefficient (Wildman–Crippen LogP) is 0.856. The minimum atomic E-state index is -1.04. The molecule has 7 heteroatoms. The number of pyridine rings is 1. The zero-order chi connectivity index (χ0) is 13.3. The maximum atomic E-state index is 11.2. The number of anilines is 2. The SMILES string of the molecule is CCN(CC)c1cc(C(=O)O)c2nc(N)nn2c1. The number of aromatic nitrogens is 3. The summed E-state index contributed by atoms with van der Waals surface area (Å²) in [5.74, 6) is -0.976. The average Bonchev–Trinajstić information content (AvgIpc) is 2.69. The normalized spacial score (nSPS) is 10.8. The van der Waals surface area contributed by atoms with Crippen LogP contribution in [0.25, 0.3) is 5.65 Å². The first-order chi connectivity index (χ1) is 8.56. The second-order valence-electron chi connectivity index (χ2n) is 3.83. The molecule has 0 spiro atoms. The van der Waals surface area contributed by atoms with Crippen LogP contribution in [0.15, 0.2) is 12.3 Å². The minimum Gasteiger partial charge on any atom is -0.478 e. The Morgan fingerprint density at radius 1 is 1.50 bits per heavy atom. The van der Waals surface area contributed by atoms with Gasteiger partial charge in [0, 0.05) is 13.1 Å². The second kappa shape index (κ2) is 4.52. The number of hydrogen-bond donors (Lipinski definition) is 2. The van der Waals surface area contributed by atoms with Gasteiger partial charge in [-0.05, 0) is 19.9 Å². The summed E-state index contributed by atoms with van der Waals surface area (Å²) in [5, 5.41) is 13.2. The molecule has 0 unspecified atom stereocenters. The van der Waals surface area contributed by atoms with Crippen LogP contribution in [0.4, 0.5) is 11.6 Å². The Morgan fingerprint density at radius 2 is 2.17 bits per heavy atom. The van der Waals surface area contributed by atoms with Crippen LogP contribution in [0.2, 0.25) is 0 Å². The lowest BCUT2D eigenvalue weighted by Gasteiger charge is -2.21. The van der Waals surface area contributed by atoms with E-state index in [4.69, 9.17) is 5.73 Å². The molecule has 0 aliphatic rings.